The molecule has 3 heteroatoms. The molecule has 3 rings (SSSR count). The van der Waals surface area contributed by atoms with Crippen molar-refractivity contribution in [3.05, 3.63) is 35.9 Å². The number of benzene rings is 1. The van der Waals surface area contributed by atoms with Crippen LogP contribution in [0, 0.1) is 5.41 Å². The summed E-state index contributed by atoms with van der Waals surface area (Å²) >= 11 is 0. The van der Waals surface area contributed by atoms with Gasteiger partial charge in [0.1, 0.15) is 5.78 Å². The summed E-state index contributed by atoms with van der Waals surface area (Å²) in [5.74, 6) is 0.476. The number of Topliss-reactive ketones (excluding diaryl/α,β-unsaturated/α-hetero) is 1. The lowest BCUT2D eigenvalue weighted by molar-refractivity contribution is -0.133. The highest BCUT2D eigenvalue weighted by molar-refractivity contribution is 5.86. The average Bonchev–Trinajstić information content (AvgIpc) is 2.44. The Bertz CT molecular complexity index is 441. The number of likely N-dealkylation sites (tertiary alicyclic amines) is 1. The van der Waals surface area contributed by atoms with Crippen LogP contribution in [0.3, 0.4) is 0 Å². The van der Waals surface area contributed by atoms with Gasteiger partial charge in [-0.15, -0.1) is 0 Å². The summed E-state index contributed by atoms with van der Waals surface area (Å²) in [5, 5.41) is 3.41. The van der Waals surface area contributed by atoms with Crippen molar-refractivity contribution >= 4 is 5.78 Å². The molecular formula is C16H22N2O. The Balaban J connectivity index is 1.69. The number of nitrogens with one attached hydrogen (secondary N) is 1. The fourth-order valence-corrected chi connectivity index (χ4v) is 3.47. The topological polar surface area (TPSA) is 32.3 Å². The third kappa shape index (κ3) is 2.72. The first-order valence-corrected chi connectivity index (χ1v) is 7.29. The molecule has 0 aliphatic carbocycles. The first kappa shape index (κ1) is 12.8. The molecule has 2 saturated heterocycles. The molecular weight excluding hydrogens is 236 g/mol. The summed E-state index contributed by atoms with van der Waals surface area (Å²) in [7, 11) is 0. The lowest BCUT2D eigenvalue weighted by Gasteiger charge is -2.44. The molecule has 3 nitrogen and oxygen atoms in total. The van der Waals surface area contributed by atoms with E-state index in [1.807, 2.05) is 0 Å². The van der Waals surface area contributed by atoms with Crippen LogP contribution in [0.15, 0.2) is 30.3 Å². The van der Waals surface area contributed by atoms with Crippen molar-refractivity contribution in [2.24, 2.45) is 5.41 Å². The lowest BCUT2D eigenvalue weighted by Crippen LogP contribution is -2.55. The Kier molecular flexibility index (Phi) is 3.67. The Morgan fingerprint density at radius 2 is 2.11 bits per heavy atom. The van der Waals surface area contributed by atoms with Crippen molar-refractivity contribution in [3.63, 3.8) is 0 Å². The molecule has 0 saturated carbocycles. The summed E-state index contributed by atoms with van der Waals surface area (Å²) in [4.78, 5) is 14.8. The van der Waals surface area contributed by atoms with Gasteiger partial charge in [0.05, 0.1) is 5.41 Å². The molecule has 0 bridgehead atoms. The molecule has 0 aromatic heterocycles. The summed E-state index contributed by atoms with van der Waals surface area (Å²) in [6.45, 7) is 4.74. The minimum Gasteiger partial charge on any atom is -0.315 e. The van der Waals surface area contributed by atoms with Gasteiger partial charge >= 0.3 is 0 Å². The van der Waals surface area contributed by atoms with Crippen molar-refractivity contribution in [1.82, 2.24) is 10.2 Å². The molecule has 0 radical (unpaired) electrons. The van der Waals surface area contributed by atoms with Gasteiger partial charge in [0, 0.05) is 32.6 Å². The number of hydrogen-bond donors (Lipinski definition) is 1. The van der Waals surface area contributed by atoms with E-state index < -0.39 is 0 Å². The third-order valence-electron chi connectivity index (χ3n) is 4.49. The van der Waals surface area contributed by atoms with Crippen LogP contribution >= 0.6 is 0 Å². The molecule has 1 aromatic carbocycles. The quantitative estimate of drug-likeness (QED) is 0.878. The van der Waals surface area contributed by atoms with E-state index in [2.05, 4.69) is 40.5 Å². The summed E-state index contributed by atoms with van der Waals surface area (Å²) in [5.41, 5.74) is 1.24. The molecule has 0 amide bonds. The molecule has 1 spiro atoms. The van der Waals surface area contributed by atoms with Gasteiger partial charge in [0.2, 0.25) is 0 Å². The monoisotopic (exact) mass is 258 g/mol. The molecule has 19 heavy (non-hydrogen) atoms. The smallest absolute Gasteiger partial charge is 0.142 e. The van der Waals surface area contributed by atoms with Gasteiger partial charge in [0.15, 0.2) is 0 Å². The number of ketones is 1. The van der Waals surface area contributed by atoms with Gasteiger partial charge in [0.25, 0.3) is 0 Å². The van der Waals surface area contributed by atoms with Crippen LogP contribution in [0.4, 0.5) is 0 Å². The number of carbonyl (C=O) groups is 1. The predicted molar refractivity (Wildman–Crippen MR) is 75.9 cm³/mol. The highest BCUT2D eigenvalue weighted by Gasteiger charge is 2.42. The zero-order chi connectivity index (χ0) is 13.1. The Morgan fingerprint density at radius 3 is 2.89 bits per heavy atom. The number of nitrogens with zero attached hydrogens (tertiary/aromatic N) is 1. The maximum atomic E-state index is 12.3. The van der Waals surface area contributed by atoms with Crippen LogP contribution in [-0.4, -0.2) is 36.9 Å². The van der Waals surface area contributed by atoms with E-state index in [-0.39, 0.29) is 5.41 Å². The zero-order valence-electron chi connectivity index (χ0n) is 11.4. The third-order valence-corrected chi connectivity index (χ3v) is 4.49. The maximum Gasteiger partial charge on any atom is 0.142 e. The van der Waals surface area contributed by atoms with E-state index in [1.54, 1.807) is 0 Å². The number of hydrogen-bond acceptors (Lipinski definition) is 3. The van der Waals surface area contributed by atoms with Gasteiger partial charge in [-0.2, -0.15) is 0 Å². The Hall–Kier alpha value is -1.19. The first-order chi connectivity index (χ1) is 9.28. The van der Waals surface area contributed by atoms with E-state index in [1.165, 1.54) is 5.56 Å². The summed E-state index contributed by atoms with van der Waals surface area (Å²) in [6.07, 6.45) is 2.91. The molecule has 2 fully saturated rings. The molecule has 2 aliphatic heterocycles. The van der Waals surface area contributed by atoms with Gasteiger partial charge < -0.3 is 5.32 Å². The summed E-state index contributed by atoms with van der Waals surface area (Å²) < 4.78 is 0. The van der Waals surface area contributed by atoms with Crippen molar-refractivity contribution in [2.75, 3.05) is 26.2 Å². The first-order valence-electron chi connectivity index (χ1n) is 7.29. The molecule has 2 heterocycles. The Labute approximate surface area is 115 Å². The second kappa shape index (κ2) is 5.43. The van der Waals surface area contributed by atoms with Crippen molar-refractivity contribution in [2.45, 2.75) is 25.8 Å². The highest BCUT2D eigenvalue weighted by atomic mass is 16.1. The van der Waals surface area contributed by atoms with E-state index in [9.17, 15) is 4.79 Å². The predicted octanol–water partition coefficient (Wildman–Crippen LogP) is 1.83. The van der Waals surface area contributed by atoms with Crippen LogP contribution in [0.1, 0.15) is 24.8 Å². The number of rotatable bonds is 2. The van der Waals surface area contributed by atoms with E-state index in [0.29, 0.717) is 12.2 Å². The van der Waals surface area contributed by atoms with Gasteiger partial charge in [-0.3, -0.25) is 9.69 Å². The second-order valence-electron chi connectivity index (χ2n) is 5.93. The molecule has 1 unspecified atom stereocenters. The fraction of sp³-hybridized carbons (Fsp3) is 0.562. The Morgan fingerprint density at radius 1 is 1.26 bits per heavy atom. The van der Waals surface area contributed by atoms with E-state index >= 15 is 0 Å². The molecule has 102 valence electrons. The van der Waals surface area contributed by atoms with Crippen molar-refractivity contribution in [1.29, 1.82) is 0 Å². The average molecular weight is 258 g/mol. The highest BCUT2D eigenvalue weighted by Crippen LogP contribution is 2.33. The van der Waals surface area contributed by atoms with Crippen molar-refractivity contribution < 1.29 is 4.79 Å². The van der Waals surface area contributed by atoms with Crippen LogP contribution < -0.4 is 5.32 Å². The number of carbonyl (C=O) groups excluding carboxylic acids is 1. The van der Waals surface area contributed by atoms with E-state index in [4.69, 9.17) is 0 Å². The van der Waals surface area contributed by atoms with Crippen LogP contribution in [0.5, 0.6) is 0 Å². The van der Waals surface area contributed by atoms with Gasteiger partial charge in [-0.1, -0.05) is 30.3 Å². The SMILES string of the molecule is O=C1CCNCC12CCCN(Cc1ccccc1)C2. The molecule has 2 aliphatic rings. The number of piperidine rings is 2. The lowest BCUT2D eigenvalue weighted by atomic mass is 9.73. The van der Waals surface area contributed by atoms with Crippen LogP contribution in [0.25, 0.3) is 0 Å². The minimum absolute atomic E-state index is 0.106. The van der Waals surface area contributed by atoms with Crippen LogP contribution in [-0.2, 0) is 11.3 Å². The standard InChI is InChI=1S/C16H22N2O/c19-15-7-9-17-12-16(15)8-4-10-18(13-16)11-14-5-2-1-3-6-14/h1-3,5-6,17H,4,7-13H2. The minimum atomic E-state index is -0.106. The fourth-order valence-electron chi connectivity index (χ4n) is 3.47. The normalized spacial score (nSPS) is 28.7. The summed E-state index contributed by atoms with van der Waals surface area (Å²) in [6, 6.07) is 10.6. The zero-order valence-corrected chi connectivity index (χ0v) is 11.4. The molecule has 1 aromatic rings. The molecule has 1 N–H and O–H groups in total. The van der Waals surface area contributed by atoms with Gasteiger partial charge in [-0.05, 0) is 24.9 Å². The van der Waals surface area contributed by atoms with Gasteiger partial charge in [-0.25, -0.2) is 0 Å². The van der Waals surface area contributed by atoms with Crippen molar-refractivity contribution in [3.8, 4) is 0 Å². The molecule has 1 atom stereocenters. The maximum absolute atomic E-state index is 12.3. The largest absolute Gasteiger partial charge is 0.315 e. The van der Waals surface area contributed by atoms with E-state index in [0.717, 1.165) is 45.6 Å². The second-order valence-corrected chi connectivity index (χ2v) is 5.93. The van der Waals surface area contributed by atoms with Crippen LogP contribution in [0.2, 0.25) is 0 Å².